The van der Waals surface area contributed by atoms with Crippen LogP contribution >= 0.6 is 0 Å². The second-order valence-corrected chi connectivity index (χ2v) is 7.85. The monoisotopic (exact) mass is 397 g/mol. The Morgan fingerprint density at radius 1 is 1.19 bits per heavy atom. The number of piperidine rings is 1. The van der Waals surface area contributed by atoms with Crippen molar-refractivity contribution >= 4 is 10.0 Å². The predicted octanol–water partition coefficient (Wildman–Crippen LogP) is 1.86. The third-order valence-electron chi connectivity index (χ3n) is 4.17. The molecule has 0 spiro atoms. The summed E-state index contributed by atoms with van der Waals surface area (Å²) >= 11 is 0. The van der Waals surface area contributed by atoms with Crippen LogP contribution in [0.5, 0.6) is 17.5 Å². The van der Waals surface area contributed by atoms with Gasteiger partial charge in [0.05, 0.1) is 33.2 Å². The van der Waals surface area contributed by atoms with Gasteiger partial charge >= 0.3 is 0 Å². The zero-order valence-electron chi connectivity index (χ0n) is 15.0. The van der Waals surface area contributed by atoms with Crippen LogP contribution in [0.3, 0.4) is 0 Å². The number of sulfonamides is 1. The Kier molecular flexibility index (Phi) is 5.76. The van der Waals surface area contributed by atoms with Crippen molar-refractivity contribution in [3.63, 3.8) is 0 Å². The zero-order chi connectivity index (χ0) is 19.4. The number of halogens is 1. The maximum atomic E-state index is 13.6. The average Bonchev–Trinajstić information content (AvgIpc) is 2.68. The van der Waals surface area contributed by atoms with Crippen LogP contribution in [0.1, 0.15) is 12.8 Å². The first-order valence-electron chi connectivity index (χ1n) is 8.30. The van der Waals surface area contributed by atoms with E-state index >= 15 is 0 Å². The Labute approximate surface area is 157 Å². The lowest BCUT2D eigenvalue weighted by molar-refractivity contribution is 0.123. The van der Waals surface area contributed by atoms with Crippen molar-refractivity contribution in [1.29, 1.82) is 0 Å². The summed E-state index contributed by atoms with van der Waals surface area (Å²) in [5.74, 6) is 0.00293. The zero-order valence-corrected chi connectivity index (χ0v) is 15.8. The van der Waals surface area contributed by atoms with E-state index in [9.17, 15) is 12.8 Å². The quantitative estimate of drug-likeness (QED) is 0.735. The largest absolute Gasteiger partial charge is 0.495 e. The van der Waals surface area contributed by atoms with Crippen molar-refractivity contribution < 1.29 is 27.0 Å². The molecule has 1 aliphatic rings. The summed E-state index contributed by atoms with van der Waals surface area (Å²) in [6, 6.07) is 3.42. The van der Waals surface area contributed by atoms with Crippen molar-refractivity contribution in [3.8, 4) is 17.5 Å². The van der Waals surface area contributed by atoms with Crippen molar-refractivity contribution in [1.82, 2.24) is 14.3 Å². The first-order valence-corrected chi connectivity index (χ1v) is 9.74. The van der Waals surface area contributed by atoms with Crippen LogP contribution in [0.25, 0.3) is 0 Å². The summed E-state index contributed by atoms with van der Waals surface area (Å²) < 4.78 is 56.8. The topological polar surface area (TPSA) is 90.9 Å². The third kappa shape index (κ3) is 4.28. The van der Waals surface area contributed by atoms with Gasteiger partial charge in [0.15, 0.2) is 0 Å². The van der Waals surface area contributed by atoms with Gasteiger partial charge in [0, 0.05) is 6.54 Å². The number of hydrogen-bond donors (Lipinski definition) is 0. The van der Waals surface area contributed by atoms with Gasteiger partial charge in [-0.1, -0.05) is 0 Å². The average molecular weight is 397 g/mol. The molecular weight excluding hydrogens is 377 g/mol. The minimum absolute atomic E-state index is 0.0955. The second-order valence-electron chi connectivity index (χ2n) is 5.94. The first-order chi connectivity index (χ1) is 12.9. The standard InChI is InChI=1S/C17H20FN3O5S/c1-24-14-6-5-12(18)8-15(14)27(22,23)21-7-3-4-13(11-21)26-17-10-19-9-16(20-17)25-2/h5-6,8-10,13H,3-4,7,11H2,1-2H3/t13-/m1/s1. The molecule has 1 saturated heterocycles. The predicted molar refractivity (Wildman–Crippen MR) is 93.9 cm³/mol. The first kappa shape index (κ1) is 19.3. The van der Waals surface area contributed by atoms with E-state index in [2.05, 4.69) is 9.97 Å². The molecule has 2 heterocycles. The van der Waals surface area contributed by atoms with Crippen molar-refractivity contribution in [3.05, 3.63) is 36.4 Å². The summed E-state index contributed by atoms with van der Waals surface area (Å²) in [6.45, 7) is 0.423. The molecular formula is C17H20FN3O5S. The van der Waals surface area contributed by atoms with Crippen LogP contribution in [0.2, 0.25) is 0 Å². The van der Waals surface area contributed by atoms with Gasteiger partial charge in [-0.2, -0.15) is 9.29 Å². The molecule has 27 heavy (non-hydrogen) atoms. The van der Waals surface area contributed by atoms with E-state index in [0.29, 0.717) is 25.3 Å². The summed E-state index contributed by atoms with van der Waals surface area (Å²) in [5, 5.41) is 0. The van der Waals surface area contributed by atoms with Gasteiger partial charge < -0.3 is 14.2 Å². The van der Waals surface area contributed by atoms with E-state index in [0.717, 1.165) is 12.1 Å². The van der Waals surface area contributed by atoms with Gasteiger partial charge in [0.2, 0.25) is 21.8 Å². The summed E-state index contributed by atoms with van der Waals surface area (Å²) in [7, 11) is -1.13. The molecule has 0 radical (unpaired) electrons. The highest BCUT2D eigenvalue weighted by atomic mass is 32.2. The fraction of sp³-hybridized carbons (Fsp3) is 0.412. The smallest absolute Gasteiger partial charge is 0.246 e. The number of rotatable bonds is 6. The molecule has 146 valence electrons. The van der Waals surface area contributed by atoms with Gasteiger partial charge in [0.1, 0.15) is 22.6 Å². The Bertz CT molecular complexity index is 909. The summed E-state index contributed by atoms with van der Waals surface area (Å²) in [6.07, 6.45) is 3.73. The Morgan fingerprint density at radius 3 is 2.70 bits per heavy atom. The molecule has 1 atom stereocenters. The minimum atomic E-state index is -3.94. The Balaban J connectivity index is 1.80. The second kappa shape index (κ2) is 8.05. The van der Waals surface area contributed by atoms with Gasteiger partial charge in [-0.15, -0.1) is 0 Å². The SMILES string of the molecule is COc1cncc(O[C@@H]2CCCN(S(=O)(=O)c3cc(F)ccc3OC)C2)n1. The molecule has 0 N–H and O–H groups in total. The van der Waals surface area contributed by atoms with Crippen molar-refractivity contribution in [2.45, 2.75) is 23.8 Å². The maximum Gasteiger partial charge on any atom is 0.246 e. The van der Waals surface area contributed by atoms with E-state index in [-0.39, 0.29) is 23.1 Å². The number of benzene rings is 1. The van der Waals surface area contributed by atoms with Crippen LogP contribution in [0, 0.1) is 5.82 Å². The number of ether oxygens (including phenoxy) is 3. The van der Waals surface area contributed by atoms with Crippen LogP contribution in [-0.4, -0.2) is 56.1 Å². The highest BCUT2D eigenvalue weighted by molar-refractivity contribution is 7.89. The van der Waals surface area contributed by atoms with Crippen LogP contribution in [0.15, 0.2) is 35.5 Å². The number of nitrogens with zero attached hydrogens (tertiary/aromatic N) is 3. The normalized spacial score (nSPS) is 18.1. The summed E-state index contributed by atoms with van der Waals surface area (Å²) in [5.41, 5.74) is 0. The van der Waals surface area contributed by atoms with Crippen LogP contribution in [-0.2, 0) is 10.0 Å². The molecule has 0 bridgehead atoms. The van der Waals surface area contributed by atoms with Gasteiger partial charge in [0.25, 0.3) is 0 Å². The molecule has 0 aliphatic carbocycles. The third-order valence-corrected chi connectivity index (χ3v) is 6.06. The molecule has 3 rings (SSSR count). The number of hydrogen-bond acceptors (Lipinski definition) is 7. The molecule has 1 aliphatic heterocycles. The van der Waals surface area contributed by atoms with Gasteiger partial charge in [-0.25, -0.2) is 12.8 Å². The molecule has 1 aromatic carbocycles. The van der Waals surface area contributed by atoms with Crippen molar-refractivity contribution in [2.24, 2.45) is 0 Å². The lowest BCUT2D eigenvalue weighted by Gasteiger charge is -2.32. The fourth-order valence-corrected chi connectivity index (χ4v) is 4.55. The van der Waals surface area contributed by atoms with Crippen LogP contribution < -0.4 is 14.2 Å². The highest BCUT2D eigenvalue weighted by Gasteiger charge is 2.33. The molecule has 2 aromatic rings. The van der Waals surface area contributed by atoms with E-state index < -0.39 is 21.9 Å². The minimum Gasteiger partial charge on any atom is -0.495 e. The highest BCUT2D eigenvalue weighted by Crippen LogP contribution is 2.30. The number of aromatic nitrogens is 2. The Morgan fingerprint density at radius 2 is 1.96 bits per heavy atom. The van der Waals surface area contributed by atoms with E-state index in [1.807, 2.05) is 0 Å². The molecule has 1 aromatic heterocycles. The lowest BCUT2D eigenvalue weighted by atomic mass is 10.1. The molecule has 0 unspecified atom stereocenters. The van der Waals surface area contributed by atoms with Gasteiger partial charge in [-0.3, -0.25) is 4.98 Å². The van der Waals surface area contributed by atoms with Gasteiger partial charge in [-0.05, 0) is 31.0 Å². The molecule has 0 saturated carbocycles. The molecule has 1 fully saturated rings. The summed E-state index contributed by atoms with van der Waals surface area (Å²) in [4.78, 5) is 7.89. The number of methoxy groups -OCH3 is 2. The lowest BCUT2D eigenvalue weighted by Crippen LogP contribution is -2.44. The van der Waals surface area contributed by atoms with E-state index in [1.54, 1.807) is 0 Å². The molecule has 10 heteroatoms. The maximum absolute atomic E-state index is 13.6. The Hall–Kier alpha value is -2.46. The van der Waals surface area contributed by atoms with Crippen molar-refractivity contribution in [2.75, 3.05) is 27.3 Å². The fourth-order valence-electron chi connectivity index (χ4n) is 2.87. The molecule has 0 amide bonds. The van der Waals surface area contributed by atoms with E-state index in [1.165, 1.54) is 37.0 Å². The molecule has 8 nitrogen and oxygen atoms in total. The van der Waals surface area contributed by atoms with E-state index in [4.69, 9.17) is 14.2 Å². The van der Waals surface area contributed by atoms with Crippen LogP contribution in [0.4, 0.5) is 4.39 Å².